The normalized spacial score (nSPS) is 12.2. The number of alkyl halides is 1. The third kappa shape index (κ3) is 2.09. The number of nitrogens with zero attached hydrogens (tertiary/aromatic N) is 1. The van der Waals surface area contributed by atoms with Gasteiger partial charge in [-0.05, 0) is 24.6 Å². The van der Waals surface area contributed by atoms with Gasteiger partial charge in [0.15, 0.2) is 0 Å². The van der Waals surface area contributed by atoms with Crippen LogP contribution in [0.2, 0.25) is 0 Å². The van der Waals surface area contributed by atoms with E-state index in [0.29, 0.717) is 10.4 Å². The predicted molar refractivity (Wildman–Crippen MR) is 56.2 cm³/mol. The molecule has 1 unspecified atom stereocenters. The molecule has 1 nitrogen and oxygen atoms in total. The van der Waals surface area contributed by atoms with Crippen LogP contribution in [0.4, 0.5) is 0 Å². The third-order valence-electron chi connectivity index (χ3n) is 1.56. The molecule has 0 saturated carbocycles. The summed E-state index contributed by atoms with van der Waals surface area (Å²) in [5.41, 5.74) is 1.84. The molecule has 0 aliphatic carbocycles. The van der Waals surface area contributed by atoms with Crippen molar-refractivity contribution in [1.29, 1.82) is 5.26 Å². The monoisotopic (exact) mass is 287 g/mol. The van der Waals surface area contributed by atoms with Crippen LogP contribution in [0, 0.1) is 11.3 Å². The van der Waals surface area contributed by atoms with Crippen molar-refractivity contribution in [3.63, 3.8) is 0 Å². The summed E-state index contributed by atoms with van der Waals surface area (Å²) in [6.07, 6.45) is 0. The zero-order valence-corrected chi connectivity index (χ0v) is 9.68. The highest BCUT2D eigenvalue weighted by molar-refractivity contribution is 9.11. The van der Waals surface area contributed by atoms with Crippen LogP contribution in [0.3, 0.4) is 0 Å². The quantitative estimate of drug-likeness (QED) is 0.722. The molecule has 0 aromatic heterocycles. The molecular formula is C9H7Br2N. The van der Waals surface area contributed by atoms with E-state index in [1.54, 1.807) is 0 Å². The molecule has 1 aromatic rings. The van der Waals surface area contributed by atoms with Crippen LogP contribution in [0.5, 0.6) is 0 Å². The minimum Gasteiger partial charge on any atom is -0.192 e. The van der Waals surface area contributed by atoms with Crippen molar-refractivity contribution in [2.45, 2.75) is 11.8 Å². The van der Waals surface area contributed by atoms with Gasteiger partial charge in [0.1, 0.15) is 0 Å². The Morgan fingerprint density at radius 3 is 2.58 bits per heavy atom. The van der Waals surface area contributed by atoms with Crippen molar-refractivity contribution in [1.82, 2.24) is 0 Å². The summed E-state index contributed by atoms with van der Waals surface area (Å²) in [5, 5.41) is 8.61. The molecule has 0 radical (unpaired) electrons. The second-order valence-electron chi connectivity index (χ2n) is 2.46. The SMILES string of the molecule is CC(Br)c1ccc(C#N)cc1Br. The largest absolute Gasteiger partial charge is 0.192 e. The first kappa shape index (κ1) is 9.76. The van der Waals surface area contributed by atoms with Gasteiger partial charge in [0.2, 0.25) is 0 Å². The molecule has 0 fully saturated rings. The van der Waals surface area contributed by atoms with E-state index < -0.39 is 0 Å². The van der Waals surface area contributed by atoms with Gasteiger partial charge in [-0.3, -0.25) is 0 Å². The van der Waals surface area contributed by atoms with Gasteiger partial charge < -0.3 is 0 Å². The van der Waals surface area contributed by atoms with E-state index in [0.717, 1.165) is 10.0 Å². The van der Waals surface area contributed by atoms with Gasteiger partial charge in [0.05, 0.1) is 11.6 Å². The van der Waals surface area contributed by atoms with Crippen molar-refractivity contribution < 1.29 is 0 Å². The van der Waals surface area contributed by atoms with Crippen LogP contribution in [-0.4, -0.2) is 0 Å². The first-order valence-electron chi connectivity index (χ1n) is 3.48. The van der Waals surface area contributed by atoms with Crippen LogP contribution in [0.15, 0.2) is 22.7 Å². The summed E-state index contributed by atoms with van der Waals surface area (Å²) in [4.78, 5) is 0.305. The molecule has 0 aliphatic rings. The fourth-order valence-electron chi connectivity index (χ4n) is 0.919. The molecular weight excluding hydrogens is 282 g/mol. The maximum Gasteiger partial charge on any atom is 0.0992 e. The Kier molecular flexibility index (Phi) is 3.30. The van der Waals surface area contributed by atoms with E-state index in [2.05, 4.69) is 37.9 Å². The number of nitriles is 1. The van der Waals surface area contributed by atoms with Crippen LogP contribution in [0.1, 0.15) is 22.9 Å². The highest BCUT2D eigenvalue weighted by Gasteiger charge is 2.05. The van der Waals surface area contributed by atoms with Crippen molar-refractivity contribution >= 4 is 31.9 Å². The molecule has 0 heterocycles. The lowest BCUT2D eigenvalue weighted by Gasteiger charge is -2.05. The minimum absolute atomic E-state index is 0.305. The van der Waals surface area contributed by atoms with Gasteiger partial charge >= 0.3 is 0 Å². The molecule has 1 atom stereocenters. The molecule has 1 aromatic carbocycles. The lowest BCUT2D eigenvalue weighted by atomic mass is 10.1. The molecule has 1 rings (SSSR count). The van der Waals surface area contributed by atoms with Gasteiger partial charge in [-0.25, -0.2) is 0 Å². The lowest BCUT2D eigenvalue weighted by Crippen LogP contribution is -1.86. The average molecular weight is 289 g/mol. The lowest BCUT2D eigenvalue weighted by molar-refractivity contribution is 1.11. The van der Waals surface area contributed by atoms with Crippen LogP contribution in [0.25, 0.3) is 0 Å². The molecule has 0 bridgehead atoms. The molecule has 0 aliphatic heterocycles. The Labute approximate surface area is 88.7 Å². The number of hydrogen-bond acceptors (Lipinski definition) is 1. The fourth-order valence-corrected chi connectivity index (χ4v) is 2.35. The van der Waals surface area contributed by atoms with Gasteiger partial charge in [-0.2, -0.15) is 5.26 Å². The van der Waals surface area contributed by atoms with E-state index >= 15 is 0 Å². The fraction of sp³-hybridized carbons (Fsp3) is 0.222. The van der Waals surface area contributed by atoms with Gasteiger partial charge in [-0.15, -0.1) is 0 Å². The summed E-state index contributed by atoms with van der Waals surface area (Å²) in [6, 6.07) is 7.68. The number of halogens is 2. The Hall–Kier alpha value is -0.330. The molecule has 0 amide bonds. The van der Waals surface area contributed by atoms with Crippen LogP contribution in [-0.2, 0) is 0 Å². The van der Waals surface area contributed by atoms with E-state index in [4.69, 9.17) is 5.26 Å². The highest BCUT2D eigenvalue weighted by Crippen LogP contribution is 2.29. The smallest absolute Gasteiger partial charge is 0.0992 e. The Bertz CT molecular complexity index is 326. The second kappa shape index (κ2) is 4.06. The van der Waals surface area contributed by atoms with Gasteiger partial charge in [0, 0.05) is 9.30 Å². The molecule has 3 heteroatoms. The highest BCUT2D eigenvalue weighted by atomic mass is 79.9. The molecule has 0 spiro atoms. The first-order chi connectivity index (χ1) is 5.65. The summed E-state index contributed by atoms with van der Waals surface area (Å²) < 4.78 is 0.978. The third-order valence-corrected chi connectivity index (χ3v) is 2.74. The average Bonchev–Trinajstić information content (AvgIpc) is 2.03. The number of hydrogen-bond donors (Lipinski definition) is 0. The maximum atomic E-state index is 8.61. The van der Waals surface area contributed by atoms with Gasteiger partial charge in [0.25, 0.3) is 0 Å². The minimum atomic E-state index is 0.305. The summed E-state index contributed by atoms with van der Waals surface area (Å²) in [7, 11) is 0. The molecule has 0 N–H and O–H groups in total. The summed E-state index contributed by atoms with van der Waals surface area (Å²) >= 11 is 6.87. The summed E-state index contributed by atoms with van der Waals surface area (Å²) in [5.74, 6) is 0. The predicted octanol–water partition coefficient (Wildman–Crippen LogP) is 3.78. The van der Waals surface area contributed by atoms with Crippen molar-refractivity contribution in [2.75, 3.05) is 0 Å². The van der Waals surface area contributed by atoms with E-state index in [1.807, 2.05) is 25.1 Å². The van der Waals surface area contributed by atoms with Crippen molar-refractivity contribution in [3.8, 4) is 6.07 Å². The Balaban J connectivity index is 3.14. The van der Waals surface area contributed by atoms with Crippen LogP contribution >= 0.6 is 31.9 Å². The molecule has 62 valence electrons. The second-order valence-corrected chi connectivity index (χ2v) is 4.69. The maximum absolute atomic E-state index is 8.61. The molecule has 12 heavy (non-hydrogen) atoms. The summed E-state index contributed by atoms with van der Waals surface area (Å²) in [6.45, 7) is 2.05. The Morgan fingerprint density at radius 2 is 2.17 bits per heavy atom. The van der Waals surface area contributed by atoms with Crippen molar-refractivity contribution in [2.24, 2.45) is 0 Å². The first-order valence-corrected chi connectivity index (χ1v) is 5.19. The Morgan fingerprint density at radius 1 is 1.50 bits per heavy atom. The van der Waals surface area contributed by atoms with Crippen molar-refractivity contribution in [3.05, 3.63) is 33.8 Å². The van der Waals surface area contributed by atoms with Crippen LogP contribution < -0.4 is 0 Å². The zero-order chi connectivity index (χ0) is 9.14. The zero-order valence-electron chi connectivity index (χ0n) is 6.51. The topological polar surface area (TPSA) is 23.8 Å². The molecule has 0 saturated heterocycles. The van der Waals surface area contributed by atoms with E-state index in [-0.39, 0.29) is 0 Å². The van der Waals surface area contributed by atoms with E-state index in [1.165, 1.54) is 0 Å². The van der Waals surface area contributed by atoms with E-state index in [9.17, 15) is 0 Å². The standard InChI is InChI=1S/C9H7Br2N/c1-6(10)8-3-2-7(5-12)4-9(8)11/h2-4,6H,1H3. The number of benzene rings is 1. The number of rotatable bonds is 1. The van der Waals surface area contributed by atoms with Gasteiger partial charge in [-0.1, -0.05) is 37.9 Å².